The van der Waals surface area contributed by atoms with E-state index in [1.54, 1.807) is 21.8 Å². The summed E-state index contributed by atoms with van der Waals surface area (Å²) in [5.74, 6) is 0.737. The lowest BCUT2D eigenvalue weighted by atomic mass is 10.2. The van der Waals surface area contributed by atoms with Crippen molar-refractivity contribution in [3.63, 3.8) is 0 Å². The smallest absolute Gasteiger partial charge is 0.163 e. The first-order valence-corrected chi connectivity index (χ1v) is 8.85. The van der Waals surface area contributed by atoms with Crippen LogP contribution in [0.25, 0.3) is 11.0 Å². The molecule has 0 aliphatic carbocycles. The number of ether oxygens (including phenoxy) is 1. The van der Waals surface area contributed by atoms with Crippen LogP contribution in [0.2, 0.25) is 0 Å². The molecule has 4 rings (SSSR count). The molecule has 3 heterocycles. The second kappa shape index (κ2) is 8.55. The topological polar surface area (TPSA) is 116 Å². The Kier molecular flexibility index (Phi) is 5.50. The Morgan fingerprint density at radius 2 is 2.04 bits per heavy atom. The van der Waals surface area contributed by atoms with Gasteiger partial charge in [-0.2, -0.15) is 5.10 Å². The molecule has 0 radical (unpaired) electrons. The second-order valence-electron chi connectivity index (χ2n) is 6.11. The largest absolute Gasteiger partial charge is 0.394 e. The lowest BCUT2D eigenvalue weighted by molar-refractivity contribution is 0.0409. The van der Waals surface area contributed by atoms with Gasteiger partial charge in [0.1, 0.15) is 24.6 Å². The molecule has 4 aromatic rings. The number of aromatic nitrogens is 7. The first-order chi connectivity index (χ1) is 13.8. The number of hydrogen-bond donors (Lipinski definition) is 2. The molecular formula is C18H20N8O2. The van der Waals surface area contributed by atoms with Gasteiger partial charge in [-0.25, -0.2) is 19.3 Å². The van der Waals surface area contributed by atoms with Gasteiger partial charge in [-0.3, -0.25) is 0 Å². The summed E-state index contributed by atoms with van der Waals surface area (Å²) in [5, 5.41) is 25.5. The number of aliphatic hydroxyl groups is 1. The Morgan fingerprint density at radius 1 is 1.14 bits per heavy atom. The molecule has 144 valence electrons. The molecule has 10 nitrogen and oxygen atoms in total. The Bertz CT molecular complexity index is 1030. The fourth-order valence-corrected chi connectivity index (χ4v) is 2.78. The predicted molar refractivity (Wildman–Crippen MR) is 101 cm³/mol. The van der Waals surface area contributed by atoms with Gasteiger partial charge in [-0.15, -0.1) is 5.10 Å². The van der Waals surface area contributed by atoms with Crippen molar-refractivity contribution in [1.29, 1.82) is 0 Å². The summed E-state index contributed by atoms with van der Waals surface area (Å²) in [5.41, 5.74) is 2.62. The quantitative estimate of drug-likeness (QED) is 0.414. The third-order valence-electron chi connectivity index (χ3n) is 4.09. The van der Waals surface area contributed by atoms with Crippen LogP contribution in [0.4, 0.5) is 5.82 Å². The van der Waals surface area contributed by atoms with Crippen molar-refractivity contribution < 1.29 is 9.84 Å². The predicted octanol–water partition coefficient (Wildman–Crippen LogP) is 1.04. The Labute approximate surface area is 160 Å². The van der Waals surface area contributed by atoms with Crippen LogP contribution in [0.5, 0.6) is 0 Å². The normalized spacial score (nSPS) is 11.2. The molecule has 0 aliphatic heterocycles. The Morgan fingerprint density at radius 3 is 2.89 bits per heavy atom. The van der Waals surface area contributed by atoms with Crippen molar-refractivity contribution >= 4 is 16.9 Å². The number of fused-ring (bicyclic) bond motifs is 1. The number of rotatable bonds is 9. The standard InChI is InChI=1S/C18H20N8O2/c27-6-7-28-13-25-10-15(23-24-25)11-26-18-16(9-22-26)17(20-12-21-18)19-8-14-4-2-1-3-5-14/h1-5,9-10,12,27H,6-8,11,13H2,(H,19,20,21). The van der Waals surface area contributed by atoms with Crippen LogP contribution in [-0.2, 0) is 24.6 Å². The highest BCUT2D eigenvalue weighted by molar-refractivity contribution is 5.86. The maximum Gasteiger partial charge on any atom is 0.163 e. The number of nitrogens with one attached hydrogen (secondary N) is 1. The third-order valence-corrected chi connectivity index (χ3v) is 4.09. The van der Waals surface area contributed by atoms with Gasteiger partial charge in [0.25, 0.3) is 0 Å². The first kappa shape index (κ1) is 18.0. The number of anilines is 1. The first-order valence-electron chi connectivity index (χ1n) is 8.85. The summed E-state index contributed by atoms with van der Waals surface area (Å²) in [6, 6.07) is 10.1. The average Bonchev–Trinajstić information content (AvgIpc) is 3.35. The van der Waals surface area contributed by atoms with E-state index in [0.29, 0.717) is 13.1 Å². The zero-order valence-electron chi connectivity index (χ0n) is 15.1. The summed E-state index contributed by atoms with van der Waals surface area (Å²) >= 11 is 0. The lowest BCUT2D eigenvalue weighted by Crippen LogP contribution is -2.06. The number of benzene rings is 1. The van der Waals surface area contributed by atoms with Crippen molar-refractivity contribution in [2.75, 3.05) is 18.5 Å². The zero-order valence-corrected chi connectivity index (χ0v) is 15.1. The molecule has 3 aromatic heterocycles. The van der Waals surface area contributed by atoms with Gasteiger partial charge in [0.15, 0.2) is 5.65 Å². The van der Waals surface area contributed by atoms with Crippen molar-refractivity contribution in [2.45, 2.75) is 19.8 Å². The van der Waals surface area contributed by atoms with E-state index < -0.39 is 0 Å². The van der Waals surface area contributed by atoms with Crippen LogP contribution >= 0.6 is 0 Å². The molecule has 0 saturated heterocycles. The number of aliphatic hydroxyl groups excluding tert-OH is 1. The molecule has 0 spiro atoms. The van der Waals surface area contributed by atoms with E-state index in [1.165, 1.54) is 11.9 Å². The van der Waals surface area contributed by atoms with E-state index in [-0.39, 0.29) is 19.9 Å². The van der Waals surface area contributed by atoms with Crippen molar-refractivity contribution in [3.8, 4) is 0 Å². The van der Waals surface area contributed by atoms with Crippen molar-refractivity contribution in [2.24, 2.45) is 0 Å². The van der Waals surface area contributed by atoms with Gasteiger partial charge in [0.2, 0.25) is 0 Å². The highest BCUT2D eigenvalue weighted by Gasteiger charge is 2.11. The highest BCUT2D eigenvalue weighted by atomic mass is 16.5. The van der Waals surface area contributed by atoms with Gasteiger partial charge in [0.05, 0.1) is 37.5 Å². The van der Waals surface area contributed by atoms with Gasteiger partial charge < -0.3 is 15.2 Å². The monoisotopic (exact) mass is 380 g/mol. The highest BCUT2D eigenvalue weighted by Crippen LogP contribution is 2.19. The van der Waals surface area contributed by atoms with Gasteiger partial charge in [0, 0.05) is 6.54 Å². The minimum atomic E-state index is -0.0266. The molecule has 0 saturated carbocycles. The minimum Gasteiger partial charge on any atom is -0.394 e. The average molecular weight is 380 g/mol. The molecule has 0 unspecified atom stereocenters. The molecule has 1 aromatic carbocycles. The summed E-state index contributed by atoms with van der Waals surface area (Å²) in [6.45, 7) is 1.57. The van der Waals surface area contributed by atoms with E-state index in [2.05, 4.69) is 42.8 Å². The molecule has 0 fully saturated rings. The van der Waals surface area contributed by atoms with E-state index in [0.717, 1.165) is 22.5 Å². The van der Waals surface area contributed by atoms with Gasteiger partial charge in [-0.05, 0) is 5.56 Å². The summed E-state index contributed by atoms with van der Waals surface area (Å²) in [6.07, 6.45) is 5.05. The molecule has 2 N–H and O–H groups in total. The van der Waals surface area contributed by atoms with Crippen LogP contribution in [0.3, 0.4) is 0 Å². The lowest BCUT2D eigenvalue weighted by Gasteiger charge is -2.06. The van der Waals surface area contributed by atoms with Gasteiger partial charge in [-0.1, -0.05) is 35.5 Å². The van der Waals surface area contributed by atoms with Crippen molar-refractivity contribution in [1.82, 2.24) is 34.7 Å². The summed E-state index contributed by atoms with van der Waals surface area (Å²) < 4.78 is 8.55. The third kappa shape index (κ3) is 4.13. The molecular weight excluding hydrogens is 360 g/mol. The van der Waals surface area contributed by atoms with E-state index in [9.17, 15) is 0 Å². The van der Waals surface area contributed by atoms with Crippen LogP contribution in [0.15, 0.2) is 49.1 Å². The number of nitrogens with zero attached hydrogens (tertiary/aromatic N) is 7. The Balaban J connectivity index is 1.47. The molecule has 10 heteroatoms. The molecule has 28 heavy (non-hydrogen) atoms. The SMILES string of the molecule is OCCOCn1cc(Cn2ncc3c(NCc4ccccc4)ncnc32)nn1. The maximum atomic E-state index is 8.75. The van der Waals surface area contributed by atoms with Crippen LogP contribution in [-0.4, -0.2) is 53.1 Å². The summed E-state index contributed by atoms with van der Waals surface area (Å²) in [7, 11) is 0. The van der Waals surface area contributed by atoms with E-state index >= 15 is 0 Å². The summed E-state index contributed by atoms with van der Waals surface area (Å²) in [4.78, 5) is 8.71. The molecule has 0 bridgehead atoms. The van der Waals surface area contributed by atoms with Crippen LogP contribution < -0.4 is 5.32 Å². The Hall–Kier alpha value is -3.37. The molecule has 0 atom stereocenters. The fourth-order valence-electron chi connectivity index (χ4n) is 2.78. The zero-order chi connectivity index (χ0) is 19.2. The van der Waals surface area contributed by atoms with Crippen LogP contribution in [0, 0.1) is 0 Å². The van der Waals surface area contributed by atoms with Crippen LogP contribution in [0.1, 0.15) is 11.3 Å². The van der Waals surface area contributed by atoms with E-state index in [1.807, 2.05) is 18.2 Å². The fraction of sp³-hybridized carbons (Fsp3) is 0.278. The molecule has 0 amide bonds. The maximum absolute atomic E-state index is 8.75. The van der Waals surface area contributed by atoms with Gasteiger partial charge >= 0.3 is 0 Å². The van der Waals surface area contributed by atoms with Crippen molar-refractivity contribution in [3.05, 3.63) is 60.3 Å². The van der Waals surface area contributed by atoms with E-state index in [4.69, 9.17) is 9.84 Å². The molecule has 0 aliphatic rings. The minimum absolute atomic E-state index is 0.0266. The second-order valence-corrected chi connectivity index (χ2v) is 6.11. The number of hydrogen-bond acceptors (Lipinski definition) is 8.